The van der Waals surface area contributed by atoms with Gasteiger partial charge < -0.3 is 10.6 Å². The predicted octanol–water partition coefficient (Wildman–Crippen LogP) is 1.53. The molecule has 0 spiro atoms. The highest BCUT2D eigenvalue weighted by molar-refractivity contribution is 9.10. The first-order valence-corrected chi connectivity index (χ1v) is 5.68. The number of amides is 1. The van der Waals surface area contributed by atoms with E-state index in [1.165, 1.54) is 0 Å². The van der Waals surface area contributed by atoms with E-state index in [4.69, 9.17) is 0 Å². The second kappa shape index (κ2) is 4.61. The van der Waals surface area contributed by atoms with Gasteiger partial charge in [0.25, 0.3) is 0 Å². The number of pyridine rings is 1. The van der Waals surface area contributed by atoms with E-state index >= 15 is 0 Å². The summed E-state index contributed by atoms with van der Waals surface area (Å²) in [6.07, 6.45) is 3.21. The third-order valence-corrected chi connectivity index (χ3v) is 2.81. The Morgan fingerprint density at radius 3 is 3.00 bits per heavy atom. The fourth-order valence-electron chi connectivity index (χ4n) is 1.53. The lowest BCUT2D eigenvalue weighted by molar-refractivity contribution is -0.122. The molecule has 2 rings (SSSR count). The molecule has 0 aromatic carbocycles. The van der Waals surface area contributed by atoms with Crippen LogP contribution in [0.3, 0.4) is 0 Å². The van der Waals surface area contributed by atoms with Crippen LogP contribution in [0.5, 0.6) is 0 Å². The molecule has 15 heavy (non-hydrogen) atoms. The maximum absolute atomic E-state index is 10.9. The van der Waals surface area contributed by atoms with E-state index in [2.05, 4.69) is 31.5 Å². The van der Waals surface area contributed by atoms with Crippen molar-refractivity contribution in [3.8, 4) is 0 Å². The van der Waals surface area contributed by atoms with Gasteiger partial charge in [0.15, 0.2) is 0 Å². The number of hydrogen-bond donors (Lipinski definition) is 2. The summed E-state index contributed by atoms with van der Waals surface area (Å²) in [5.74, 6) is 0.983. The van der Waals surface area contributed by atoms with Crippen molar-refractivity contribution in [3.05, 3.63) is 22.8 Å². The molecule has 2 N–H and O–H groups in total. The number of anilines is 1. The maximum atomic E-state index is 10.9. The van der Waals surface area contributed by atoms with Crippen LogP contribution in [0.4, 0.5) is 5.82 Å². The number of aromatic nitrogens is 1. The van der Waals surface area contributed by atoms with Gasteiger partial charge in [-0.05, 0) is 34.5 Å². The lowest BCUT2D eigenvalue weighted by atomic mass is 10.1. The second-order valence-electron chi connectivity index (χ2n) is 3.55. The summed E-state index contributed by atoms with van der Waals surface area (Å²) in [7, 11) is 0. The second-order valence-corrected chi connectivity index (χ2v) is 4.46. The molecule has 0 bridgehead atoms. The largest absolute Gasteiger partial charge is 0.366 e. The number of halogens is 1. The number of carbonyl (C=O) groups is 1. The van der Waals surface area contributed by atoms with Gasteiger partial charge in [0, 0.05) is 29.7 Å². The van der Waals surface area contributed by atoms with Gasteiger partial charge in [-0.2, -0.15) is 0 Å². The van der Waals surface area contributed by atoms with Crippen LogP contribution in [0.2, 0.25) is 0 Å². The van der Waals surface area contributed by atoms with E-state index in [1.807, 2.05) is 12.1 Å². The average Bonchev–Trinajstić information content (AvgIpc) is 2.25. The quantitative estimate of drug-likeness (QED) is 0.857. The van der Waals surface area contributed by atoms with E-state index in [0.29, 0.717) is 13.0 Å². The molecule has 1 atom stereocenters. The van der Waals surface area contributed by atoms with Crippen LogP contribution in [-0.2, 0) is 4.79 Å². The molecule has 0 saturated carbocycles. The number of nitrogens with one attached hydrogen (secondary N) is 2. The monoisotopic (exact) mass is 269 g/mol. The topological polar surface area (TPSA) is 54.0 Å². The Hall–Kier alpha value is -1.10. The Labute approximate surface area is 96.6 Å². The van der Waals surface area contributed by atoms with Gasteiger partial charge >= 0.3 is 0 Å². The summed E-state index contributed by atoms with van der Waals surface area (Å²) in [5.41, 5.74) is 0. The summed E-state index contributed by atoms with van der Waals surface area (Å²) in [6, 6.07) is 4.15. The SMILES string of the molecule is O=C1CCC(Nc2ccc(Br)cn2)CN1. The van der Waals surface area contributed by atoms with E-state index in [-0.39, 0.29) is 11.9 Å². The lowest BCUT2D eigenvalue weighted by Gasteiger charge is -2.23. The van der Waals surface area contributed by atoms with Gasteiger partial charge in [0.2, 0.25) is 5.91 Å². The first kappa shape index (κ1) is 10.4. The van der Waals surface area contributed by atoms with Crippen molar-refractivity contribution in [1.29, 1.82) is 0 Å². The van der Waals surface area contributed by atoms with Gasteiger partial charge in [-0.15, -0.1) is 0 Å². The molecule has 0 radical (unpaired) electrons. The number of rotatable bonds is 2. The smallest absolute Gasteiger partial charge is 0.220 e. The Morgan fingerprint density at radius 2 is 2.40 bits per heavy atom. The van der Waals surface area contributed by atoms with Gasteiger partial charge in [-0.1, -0.05) is 0 Å². The van der Waals surface area contributed by atoms with Crippen molar-refractivity contribution < 1.29 is 4.79 Å². The van der Waals surface area contributed by atoms with E-state index < -0.39 is 0 Å². The molecule has 1 fully saturated rings. The molecule has 1 amide bonds. The minimum atomic E-state index is 0.136. The zero-order valence-electron chi connectivity index (χ0n) is 8.16. The van der Waals surface area contributed by atoms with Crippen LogP contribution in [0.1, 0.15) is 12.8 Å². The molecule has 1 aromatic heterocycles. The molecule has 4 nitrogen and oxygen atoms in total. The minimum absolute atomic E-state index is 0.136. The van der Waals surface area contributed by atoms with Crippen LogP contribution in [-0.4, -0.2) is 23.5 Å². The summed E-state index contributed by atoms with van der Waals surface area (Å²) in [5, 5.41) is 6.11. The maximum Gasteiger partial charge on any atom is 0.220 e. The molecule has 5 heteroatoms. The minimum Gasteiger partial charge on any atom is -0.366 e. The summed E-state index contributed by atoms with van der Waals surface area (Å²) in [6.45, 7) is 0.677. The van der Waals surface area contributed by atoms with Gasteiger partial charge in [-0.25, -0.2) is 4.98 Å². The Kier molecular flexibility index (Phi) is 3.20. The first-order chi connectivity index (χ1) is 7.24. The van der Waals surface area contributed by atoms with Gasteiger partial charge in [-0.3, -0.25) is 4.79 Å². The van der Waals surface area contributed by atoms with Crippen molar-refractivity contribution in [2.45, 2.75) is 18.9 Å². The van der Waals surface area contributed by atoms with E-state index in [1.54, 1.807) is 6.20 Å². The third-order valence-electron chi connectivity index (χ3n) is 2.34. The van der Waals surface area contributed by atoms with Crippen LogP contribution in [0, 0.1) is 0 Å². The Bertz CT molecular complexity index is 342. The van der Waals surface area contributed by atoms with Crippen molar-refractivity contribution in [2.75, 3.05) is 11.9 Å². The molecule has 80 valence electrons. The molecule has 2 heterocycles. The molecule has 1 unspecified atom stereocenters. The summed E-state index contributed by atoms with van der Waals surface area (Å²) >= 11 is 3.33. The molecular formula is C10H12BrN3O. The lowest BCUT2D eigenvalue weighted by Crippen LogP contribution is -2.42. The predicted molar refractivity (Wildman–Crippen MR) is 61.6 cm³/mol. The molecule has 1 aliphatic rings. The zero-order valence-corrected chi connectivity index (χ0v) is 9.75. The number of nitrogens with zero attached hydrogens (tertiary/aromatic N) is 1. The Morgan fingerprint density at radius 1 is 1.53 bits per heavy atom. The van der Waals surface area contributed by atoms with Crippen molar-refractivity contribution in [2.24, 2.45) is 0 Å². The Balaban J connectivity index is 1.91. The summed E-state index contributed by atoms with van der Waals surface area (Å²) < 4.78 is 0.963. The number of hydrogen-bond acceptors (Lipinski definition) is 3. The normalized spacial score (nSPS) is 20.9. The van der Waals surface area contributed by atoms with E-state index in [9.17, 15) is 4.79 Å². The van der Waals surface area contributed by atoms with Crippen molar-refractivity contribution in [1.82, 2.24) is 10.3 Å². The third kappa shape index (κ3) is 2.92. The number of carbonyl (C=O) groups excluding carboxylic acids is 1. The highest BCUT2D eigenvalue weighted by atomic mass is 79.9. The highest BCUT2D eigenvalue weighted by Crippen LogP contribution is 2.13. The highest BCUT2D eigenvalue weighted by Gasteiger charge is 2.17. The molecule has 1 aromatic rings. The fraction of sp³-hybridized carbons (Fsp3) is 0.400. The molecule has 1 aliphatic heterocycles. The van der Waals surface area contributed by atoms with Crippen LogP contribution >= 0.6 is 15.9 Å². The van der Waals surface area contributed by atoms with Gasteiger partial charge in [0.1, 0.15) is 5.82 Å². The van der Waals surface area contributed by atoms with Crippen molar-refractivity contribution >= 4 is 27.7 Å². The zero-order chi connectivity index (χ0) is 10.7. The number of piperidine rings is 1. The van der Waals surface area contributed by atoms with Crippen LogP contribution < -0.4 is 10.6 Å². The first-order valence-electron chi connectivity index (χ1n) is 4.89. The fourth-order valence-corrected chi connectivity index (χ4v) is 1.76. The standard InChI is InChI=1S/C10H12BrN3O/c11-7-1-3-9(12-5-7)14-8-2-4-10(15)13-6-8/h1,3,5,8H,2,4,6H2,(H,12,14)(H,13,15). The molecular weight excluding hydrogens is 258 g/mol. The van der Waals surface area contributed by atoms with Crippen molar-refractivity contribution in [3.63, 3.8) is 0 Å². The van der Waals surface area contributed by atoms with E-state index in [0.717, 1.165) is 16.7 Å². The average molecular weight is 270 g/mol. The summed E-state index contributed by atoms with van der Waals surface area (Å²) in [4.78, 5) is 15.2. The van der Waals surface area contributed by atoms with Gasteiger partial charge in [0.05, 0.1) is 0 Å². The molecule has 0 aliphatic carbocycles. The molecule has 1 saturated heterocycles. The van der Waals surface area contributed by atoms with Crippen LogP contribution in [0.25, 0.3) is 0 Å². The van der Waals surface area contributed by atoms with Crippen LogP contribution in [0.15, 0.2) is 22.8 Å².